The summed E-state index contributed by atoms with van der Waals surface area (Å²) in [6.07, 6.45) is 0.788. The first-order valence-corrected chi connectivity index (χ1v) is 11.2. The van der Waals surface area contributed by atoms with Crippen molar-refractivity contribution in [2.45, 2.75) is 44.9 Å². The third kappa shape index (κ3) is 5.19. The van der Waals surface area contributed by atoms with Crippen LogP contribution < -0.4 is 16.0 Å². The summed E-state index contributed by atoms with van der Waals surface area (Å²) in [5.74, 6) is -1.07. The van der Waals surface area contributed by atoms with Crippen LogP contribution in [0.15, 0.2) is 36.4 Å². The Morgan fingerprint density at radius 1 is 1.06 bits per heavy atom. The number of nitrogens with zero attached hydrogens (tertiary/aromatic N) is 1. The zero-order valence-corrected chi connectivity index (χ0v) is 19.3. The third-order valence-corrected chi connectivity index (χ3v) is 6.62. The van der Waals surface area contributed by atoms with E-state index in [4.69, 9.17) is 23.2 Å². The predicted octanol–water partition coefficient (Wildman–Crippen LogP) is 3.31. The Morgan fingerprint density at radius 3 is 2.55 bits per heavy atom. The lowest BCUT2D eigenvalue weighted by Crippen LogP contribution is -2.50. The van der Waals surface area contributed by atoms with Gasteiger partial charge in [-0.1, -0.05) is 35.3 Å². The topological polar surface area (TPSA) is 108 Å². The molecule has 1 fully saturated rings. The lowest BCUT2D eigenvalue weighted by molar-refractivity contribution is -0.137. The molecule has 0 bridgehead atoms. The van der Waals surface area contributed by atoms with Crippen LogP contribution in [-0.2, 0) is 22.7 Å². The molecule has 0 spiro atoms. The lowest BCUT2D eigenvalue weighted by Gasteiger charge is -2.29. The van der Waals surface area contributed by atoms with E-state index in [0.717, 1.165) is 16.7 Å². The van der Waals surface area contributed by atoms with Crippen LogP contribution in [0.3, 0.4) is 0 Å². The van der Waals surface area contributed by atoms with Gasteiger partial charge in [-0.15, -0.1) is 0 Å². The molecule has 2 aliphatic rings. The number of amides is 5. The van der Waals surface area contributed by atoms with Gasteiger partial charge in [-0.25, -0.2) is 4.79 Å². The van der Waals surface area contributed by atoms with Crippen molar-refractivity contribution >= 4 is 47.0 Å². The second-order valence-corrected chi connectivity index (χ2v) is 8.99. The molecule has 33 heavy (non-hydrogen) atoms. The van der Waals surface area contributed by atoms with E-state index in [1.165, 1.54) is 0 Å². The van der Waals surface area contributed by atoms with Crippen LogP contribution >= 0.6 is 23.2 Å². The quantitative estimate of drug-likeness (QED) is 0.572. The summed E-state index contributed by atoms with van der Waals surface area (Å²) in [6, 6.07) is 8.85. The molecular weight excluding hydrogens is 467 g/mol. The number of nitrogens with one attached hydrogen (secondary N) is 3. The molecule has 1 saturated heterocycles. The minimum absolute atomic E-state index is 0.251. The first-order valence-electron chi connectivity index (χ1n) is 10.5. The second-order valence-electron chi connectivity index (χ2n) is 8.18. The average Bonchev–Trinajstić information content (AvgIpc) is 3.18. The molecular formula is C23H22Cl2N4O4. The molecule has 0 aliphatic carbocycles. The molecule has 0 radical (unpaired) electrons. The molecule has 5 amide bonds. The van der Waals surface area contributed by atoms with Gasteiger partial charge in [0.25, 0.3) is 5.91 Å². The highest BCUT2D eigenvalue weighted by Crippen LogP contribution is 2.28. The number of urea groups is 1. The normalized spacial score (nSPS) is 18.9. The van der Waals surface area contributed by atoms with E-state index in [1.807, 2.05) is 11.0 Å². The van der Waals surface area contributed by atoms with E-state index in [0.29, 0.717) is 41.5 Å². The highest BCUT2D eigenvalue weighted by atomic mass is 35.5. The first kappa shape index (κ1) is 23.2. The van der Waals surface area contributed by atoms with Crippen molar-refractivity contribution in [3.63, 3.8) is 0 Å². The minimum Gasteiger partial charge on any atom is -0.331 e. The first-order chi connectivity index (χ1) is 15.7. The van der Waals surface area contributed by atoms with Gasteiger partial charge in [0.15, 0.2) is 0 Å². The predicted molar refractivity (Wildman–Crippen MR) is 123 cm³/mol. The molecule has 10 heteroatoms. The number of carbonyl (C=O) groups is 4. The zero-order chi connectivity index (χ0) is 23.7. The van der Waals surface area contributed by atoms with Crippen LogP contribution in [0.5, 0.6) is 0 Å². The number of hydrogen-bond donors (Lipinski definition) is 3. The number of piperidine rings is 1. The summed E-state index contributed by atoms with van der Waals surface area (Å²) in [7, 11) is 0. The fourth-order valence-corrected chi connectivity index (χ4v) is 4.39. The summed E-state index contributed by atoms with van der Waals surface area (Å²) < 4.78 is 0. The van der Waals surface area contributed by atoms with Crippen LogP contribution in [0.1, 0.15) is 52.9 Å². The Morgan fingerprint density at radius 2 is 1.82 bits per heavy atom. The number of rotatable bonds is 4. The van der Waals surface area contributed by atoms with Crippen LogP contribution in [0.25, 0.3) is 0 Å². The Hall–Kier alpha value is -2.94. The number of fused-ring (bicyclic) bond motifs is 1. The largest absolute Gasteiger partial charge is 0.331 e. The molecule has 4 rings (SSSR count). The number of benzene rings is 2. The van der Waals surface area contributed by atoms with Crippen molar-refractivity contribution in [2.24, 2.45) is 0 Å². The molecule has 172 valence electrons. The summed E-state index contributed by atoms with van der Waals surface area (Å²) in [5, 5.41) is 8.21. The van der Waals surface area contributed by atoms with Gasteiger partial charge in [-0.05, 0) is 54.3 Å². The van der Waals surface area contributed by atoms with Crippen LogP contribution in [0, 0.1) is 0 Å². The summed E-state index contributed by atoms with van der Waals surface area (Å²) in [4.78, 5) is 50.5. The molecule has 8 nitrogen and oxygen atoms in total. The van der Waals surface area contributed by atoms with Crippen molar-refractivity contribution in [2.75, 3.05) is 0 Å². The molecule has 3 N–H and O–H groups in total. The van der Waals surface area contributed by atoms with Gasteiger partial charge in [0, 0.05) is 25.1 Å². The molecule has 2 atom stereocenters. The number of halogens is 2. The van der Waals surface area contributed by atoms with Crippen molar-refractivity contribution in [3.05, 3.63) is 68.7 Å². The molecule has 0 saturated carbocycles. The summed E-state index contributed by atoms with van der Waals surface area (Å²) in [5.41, 5.74) is 3.01. The highest BCUT2D eigenvalue weighted by molar-refractivity contribution is 6.42. The van der Waals surface area contributed by atoms with E-state index in [2.05, 4.69) is 16.0 Å². The third-order valence-electron chi connectivity index (χ3n) is 5.88. The van der Waals surface area contributed by atoms with Gasteiger partial charge in [0.05, 0.1) is 22.1 Å². The van der Waals surface area contributed by atoms with Crippen LogP contribution in [-0.4, -0.2) is 34.7 Å². The number of carbonyl (C=O) groups excluding carboxylic acids is 4. The Bertz CT molecular complexity index is 1150. The van der Waals surface area contributed by atoms with Crippen molar-refractivity contribution < 1.29 is 19.2 Å². The van der Waals surface area contributed by atoms with Gasteiger partial charge in [-0.3, -0.25) is 29.9 Å². The van der Waals surface area contributed by atoms with Crippen molar-refractivity contribution in [1.82, 2.24) is 20.9 Å². The Labute approximate surface area is 200 Å². The SMILES string of the molecule is CC(NC(=O)NC(=O)c1ccc2c(c1)CN(C1CCC(=O)NC1=O)C2)c1ccc(Cl)c(Cl)c1. The van der Waals surface area contributed by atoms with Gasteiger partial charge in [-0.2, -0.15) is 0 Å². The maximum atomic E-state index is 12.6. The fraction of sp³-hybridized carbons (Fsp3) is 0.304. The molecule has 0 aromatic heterocycles. The minimum atomic E-state index is -0.635. The standard InChI is InChI=1S/C23H22Cl2N4O4/c1-12(13-4-5-17(24)18(25)9-13)26-23(33)28-21(31)14-2-3-15-10-29(11-16(15)8-14)19-6-7-20(30)27-22(19)32/h2-5,8-9,12,19H,6-7,10-11H2,1H3,(H,27,30,32)(H2,26,28,31,33). The molecule has 2 aromatic carbocycles. The maximum absolute atomic E-state index is 12.6. The smallest absolute Gasteiger partial charge is 0.322 e. The Balaban J connectivity index is 1.36. The second kappa shape index (κ2) is 9.51. The molecule has 2 heterocycles. The van der Waals surface area contributed by atoms with E-state index in [9.17, 15) is 19.2 Å². The van der Waals surface area contributed by atoms with E-state index < -0.39 is 18.0 Å². The van der Waals surface area contributed by atoms with E-state index >= 15 is 0 Å². The lowest BCUT2D eigenvalue weighted by atomic mass is 10.0. The van der Waals surface area contributed by atoms with E-state index in [-0.39, 0.29) is 17.9 Å². The highest BCUT2D eigenvalue weighted by Gasteiger charge is 2.34. The van der Waals surface area contributed by atoms with Gasteiger partial charge >= 0.3 is 6.03 Å². The van der Waals surface area contributed by atoms with Gasteiger partial charge < -0.3 is 5.32 Å². The average molecular weight is 489 g/mol. The monoisotopic (exact) mass is 488 g/mol. The van der Waals surface area contributed by atoms with Crippen molar-refractivity contribution in [1.29, 1.82) is 0 Å². The van der Waals surface area contributed by atoms with Gasteiger partial charge in [0.2, 0.25) is 11.8 Å². The summed E-state index contributed by atoms with van der Waals surface area (Å²) >= 11 is 11.9. The Kier molecular flexibility index (Phi) is 6.69. The van der Waals surface area contributed by atoms with Crippen LogP contribution in [0.2, 0.25) is 10.0 Å². The van der Waals surface area contributed by atoms with Crippen LogP contribution in [0.4, 0.5) is 4.79 Å². The molecule has 2 aromatic rings. The van der Waals surface area contributed by atoms with Crippen molar-refractivity contribution in [3.8, 4) is 0 Å². The fourth-order valence-electron chi connectivity index (χ4n) is 4.09. The van der Waals surface area contributed by atoms with Gasteiger partial charge in [0.1, 0.15) is 0 Å². The number of hydrogen-bond acceptors (Lipinski definition) is 5. The summed E-state index contributed by atoms with van der Waals surface area (Å²) in [6.45, 7) is 2.82. The number of imide groups is 2. The zero-order valence-electron chi connectivity index (χ0n) is 17.8. The van der Waals surface area contributed by atoms with E-state index in [1.54, 1.807) is 37.3 Å². The molecule has 2 unspecified atom stereocenters. The molecule has 2 aliphatic heterocycles. The maximum Gasteiger partial charge on any atom is 0.322 e.